The van der Waals surface area contributed by atoms with E-state index in [1.165, 1.54) is 5.56 Å². The van der Waals surface area contributed by atoms with Crippen molar-refractivity contribution in [2.45, 2.75) is 13.3 Å². The zero-order chi connectivity index (χ0) is 15.1. The molecule has 0 fully saturated rings. The van der Waals surface area contributed by atoms with Gasteiger partial charge in [-0.25, -0.2) is 4.79 Å². The lowest BCUT2D eigenvalue weighted by Crippen LogP contribution is -2.40. The van der Waals surface area contributed by atoms with E-state index >= 15 is 0 Å². The fraction of sp³-hybridized carbons (Fsp3) is 0.235. The summed E-state index contributed by atoms with van der Waals surface area (Å²) in [6, 6.07) is 17.8. The van der Waals surface area contributed by atoms with E-state index in [1.807, 2.05) is 49.4 Å². The second kappa shape index (κ2) is 7.84. The lowest BCUT2D eigenvalue weighted by atomic mass is 10.1. The average Bonchev–Trinajstić information content (AvgIpc) is 2.49. The molecule has 0 aliphatic heterocycles. The Morgan fingerprint density at radius 2 is 1.90 bits per heavy atom. The van der Waals surface area contributed by atoms with Gasteiger partial charge in [0, 0.05) is 23.2 Å². The van der Waals surface area contributed by atoms with Gasteiger partial charge in [-0.1, -0.05) is 46.3 Å². The van der Waals surface area contributed by atoms with Crippen molar-refractivity contribution in [1.82, 2.24) is 5.32 Å². The number of amides is 2. The molecule has 0 radical (unpaired) electrons. The standard InChI is InChI=1S/C17H19BrN2O/c1-2-20(16-9-4-3-5-10-16)17(21)19-12-11-14-7-6-8-15(18)13-14/h3-10,13H,2,11-12H2,1H3,(H,19,21). The largest absolute Gasteiger partial charge is 0.337 e. The topological polar surface area (TPSA) is 32.3 Å². The van der Waals surface area contributed by atoms with E-state index in [4.69, 9.17) is 0 Å². The maximum atomic E-state index is 12.2. The number of nitrogens with zero attached hydrogens (tertiary/aromatic N) is 1. The van der Waals surface area contributed by atoms with Gasteiger partial charge in [-0.05, 0) is 43.2 Å². The van der Waals surface area contributed by atoms with Gasteiger partial charge in [0.15, 0.2) is 0 Å². The molecule has 3 nitrogen and oxygen atoms in total. The Bertz CT molecular complexity index is 586. The van der Waals surface area contributed by atoms with Gasteiger partial charge in [0.1, 0.15) is 0 Å². The lowest BCUT2D eigenvalue weighted by Gasteiger charge is -2.21. The number of urea groups is 1. The molecule has 110 valence electrons. The quantitative estimate of drug-likeness (QED) is 0.863. The predicted octanol–water partition coefficient (Wildman–Crippen LogP) is 4.23. The molecule has 0 bridgehead atoms. The monoisotopic (exact) mass is 346 g/mol. The molecule has 2 aromatic rings. The van der Waals surface area contributed by atoms with Crippen molar-refractivity contribution in [2.24, 2.45) is 0 Å². The van der Waals surface area contributed by atoms with Crippen LogP contribution in [0.2, 0.25) is 0 Å². The van der Waals surface area contributed by atoms with Crippen LogP contribution >= 0.6 is 15.9 Å². The number of para-hydroxylation sites is 1. The summed E-state index contributed by atoms with van der Waals surface area (Å²) in [5.41, 5.74) is 2.12. The summed E-state index contributed by atoms with van der Waals surface area (Å²) in [5, 5.41) is 2.97. The molecule has 0 aliphatic carbocycles. The van der Waals surface area contributed by atoms with Crippen molar-refractivity contribution in [3.8, 4) is 0 Å². The molecule has 2 amide bonds. The van der Waals surface area contributed by atoms with Crippen LogP contribution in [0.5, 0.6) is 0 Å². The second-order valence-electron chi connectivity index (χ2n) is 4.69. The summed E-state index contributed by atoms with van der Waals surface area (Å²) >= 11 is 3.45. The number of carbonyl (C=O) groups excluding carboxylic acids is 1. The van der Waals surface area contributed by atoms with Crippen LogP contribution in [0.1, 0.15) is 12.5 Å². The van der Waals surface area contributed by atoms with Crippen LogP contribution in [-0.2, 0) is 6.42 Å². The van der Waals surface area contributed by atoms with Crippen LogP contribution in [0.15, 0.2) is 59.1 Å². The molecule has 0 aliphatic rings. The van der Waals surface area contributed by atoms with Crippen molar-refractivity contribution in [3.63, 3.8) is 0 Å². The summed E-state index contributed by atoms with van der Waals surface area (Å²) < 4.78 is 1.06. The summed E-state index contributed by atoms with van der Waals surface area (Å²) in [5.74, 6) is 0. The maximum Gasteiger partial charge on any atom is 0.321 e. The third-order valence-electron chi connectivity index (χ3n) is 3.21. The molecule has 0 heterocycles. The van der Waals surface area contributed by atoms with E-state index in [9.17, 15) is 4.79 Å². The van der Waals surface area contributed by atoms with Gasteiger partial charge in [-0.2, -0.15) is 0 Å². The summed E-state index contributed by atoms with van der Waals surface area (Å²) in [6.07, 6.45) is 0.817. The minimum atomic E-state index is -0.0568. The first-order chi connectivity index (χ1) is 10.2. The van der Waals surface area contributed by atoms with E-state index in [-0.39, 0.29) is 6.03 Å². The molecule has 0 saturated heterocycles. The van der Waals surface area contributed by atoms with Gasteiger partial charge in [-0.15, -0.1) is 0 Å². The number of hydrogen-bond acceptors (Lipinski definition) is 1. The average molecular weight is 347 g/mol. The molecule has 1 N–H and O–H groups in total. The minimum absolute atomic E-state index is 0.0568. The predicted molar refractivity (Wildman–Crippen MR) is 90.7 cm³/mol. The molecule has 0 spiro atoms. The summed E-state index contributed by atoms with van der Waals surface area (Å²) in [4.78, 5) is 14.0. The first kappa shape index (κ1) is 15.6. The zero-order valence-corrected chi connectivity index (χ0v) is 13.6. The highest BCUT2D eigenvalue weighted by Gasteiger charge is 2.12. The Kier molecular flexibility index (Phi) is 5.81. The van der Waals surface area contributed by atoms with Crippen molar-refractivity contribution in [2.75, 3.05) is 18.0 Å². The minimum Gasteiger partial charge on any atom is -0.337 e. The van der Waals surface area contributed by atoms with E-state index in [2.05, 4.69) is 33.4 Å². The number of hydrogen-bond donors (Lipinski definition) is 1. The molecule has 4 heteroatoms. The van der Waals surface area contributed by atoms with Gasteiger partial charge in [0.05, 0.1) is 0 Å². The Morgan fingerprint density at radius 1 is 1.14 bits per heavy atom. The fourth-order valence-corrected chi connectivity index (χ4v) is 2.60. The number of benzene rings is 2. The highest BCUT2D eigenvalue weighted by molar-refractivity contribution is 9.10. The molecule has 2 rings (SSSR count). The van der Waals surface area contributed by atoms with E-state index in [0.717, 1.165) is 16.6 Å². The molecule has 0 unspecified atom stereocenters. The first-order valence-electron chi connectivity index (χ1n) is 7.05. The maximum absolute atomic E-state index is 12.2. The van der Waals surface area contributed by atoms with Crippen molar-refractivity contribution in [3.05, 3.63) is 64.6 Å². The molecular weight excluding hydrogens is 328 g/mol. The van der Waals surface area contributed by atoms with E-state index in [0.29, 0.717) is 13.1 Å². The number of rotatable bonds is 5. The number of nitrogens with one attached hydrogen (secondary N) is 1. The number of carbonyl (C=O) groups is 1. The molecule has 0 atom stereocenters. The van der Waals surface area contributed by atoms with Crippen molar-refractivity contribution < 1.29 is 4.79 Å². The Morgan fingerprint density at radius 3 is 2.57 bits per heavy atom. The van der Waals surface area contributed by atoms with Gasteiger partial charge in [-0.3, -0.25) is 4.90 Å². The Labute approximate surface area is 134 Å². The van der Waals surface area contributed by atoms with Gasteiger partial charge >= 0.3 is 6.03 Å². The summed E-state index contributed by atoms with van der Waals surface area (Å²) in [6.45, 7) is 3.24. The smallest absolute Gasteiger partial charge is 0.321 e. The van der Waals surface area contributed by atoms with Crippen LogP contribution in [-0.4, -0.2) is 19.1 Å². The molecule has 0 saturated carbocycles. The highest BCUT2D eigenvalue weighted by Crippen LogP contribution is 2.13. The van der Waals surface area contributed by atoms with Crippen LogP contribution in [0, 0.1) is 0 Å². The van der Waals surface area contributed by atoms with Crippen LogP contribution in [0.25, 0.3) is 0 Å². The van der Waals surface area contributed by atoms with Crippen molar-refractivity contribution in [1.29, 1.82) is 0 Å². The summed E-state index contributed by atoms with van der Waals surface area (Å²) in [7, 11) is 0. The van der Waals surface area contributed by atoms with E-state index in [1.54, 1.807) is 4.90 Å². The normalized spacial score (nSPS) is 10.2. The highest BCUT2D eigenvalue weighted by atomic mass is 79.9. The molecule has 21 heavy (non-hydrogen) atoms. The van der Waals surface area contributed by atoms with Gasteiger partial charge < -0.3 is 5.32 Å². The second-order valence-corrected chi connectivity index (χ2v) is 5.61. The molecule has 0 aromatic heterocycles. The first-order valence-corrected chi connectivity index (χ1v) is 7.85. The zero-order valence-electron chi connectivity index (χ0n) is 12.1. The van der Waals surface area contributed by atoms with Crippen LogP contribution in [0.4, 0.5) is 10.5 Å². The van der Waals surface area contributed by atoms with Crippen LogP contribution < -0.4 is 10.2 Å². The van der Waals surface area contributed by atoms with Gasteiger partial charge in [0.25, 0.3) is 0 Å². The number of anilines is 1. The van der Waals surface area contributed by atoms with Gasteiger partial charge in [0.2, 0.25) is 0 Å². The SMILES string of the molecule is CCN(C(=O)NCCc1cccc(Br)c1)c1ccccc1. The van der Waals surface area contributed by atoms with E-state index < -0.39 is 0 Å². The third kappa shape index (κ3) is 4.60. The fourth-order valence-electron chi connectivity index (χ4n) is 2.15. The Balaban J connectivity index is 1.89. The third-order valence-corrected chi connectivity index (χ3v) is 3.70. The van der Waals surface area contributed by atoms with Crippen molar-refractivity contribution >= 4 is 27.6 Å². The van der Waals surface area contributed by atoms with Crippen LogP contribution in [0.3, 0.4) is 0 Å². The molecular formula is C17H19BrN2O. The number of halogens is 1. The Hall–Kier alpha value is -1.81. The molecule has 2 aromatic carbocycles. The lowest BCUT2D eigenvalue weighted by molar-refractivity contribution is 0.246.